The number of carbonyl (C=O) groups excluding carboxylic acids is 1. The number of nitrogens with one attached hydrogen (secondary N) is 1. The summed E-state index contributed by atoms with van der Waals surface area (Å²) in [7, 11) is 1.62. The fourth-order valence-electron chi connectivity index (χ4n) is 1.44. The van der Waals surface area contributed by atoms with Crippen LogP contribution >= 0.6 is 0 Å². The van der Waals surface area contributed by atoms with Crippen molar-refractivity contribution in [2.45, 2.75) is 0 Å². The van der Waals surface area contributed by atoms with E-state index in [1.807, 2.05) is 0 Å². The van der Waals surface area contributed by atoms with Gasteiger partial charge in [-0.15, -0.1) is 0 Å². The van der Waals surface area contributed by atoms with Gasteiger partial charge in [0.05, 0.1) is 6.61 Å². The lowest BCUT2D eigenvalue weighted by Crippen LogP contribution is -2.17. The molecule has 1 N–H and O–H groups in total. The molecule has 0 aliphatic heterocycles. The van der Waals surface area contributed by atoms with Gasteiger partial charge in [0.1, 0.15) is 18.7 Å². The molecular weight excluding hydrogens is 246 g/mol. The third-order valence-electron chi connectivity index (χ3n) is 2.40. The summed E-state index contributed by atoms with van der Waals surface area (Å²) in [5.74, 6) is 0.734. The molecule has 0 unspecified atom stereocenters. The molecule has 0 bridgehead atoms. The molecule has 0 saturated heterocycles. The highest BCUT2D eigenvalue weighted by Crippen LogP contribution is 2.15. The minimum Gasteiger partial charge on any atom is -0.491 e. The molecule has 6 heteroatoms. The van der Waals surface area contributed by atoms with Gasteiger partial charge in [-0.3, -0.25) is 4.57 Å². The number of aromatic nitrogens is 2. The zero-order valence-corrected chi connectivity index (χ0v) is 10.6. The number of ether oxygens (including phenoxy) is 2. The van der Waals surface area contributed by atoms with E-state index in [0.717, 1.165) is 5.75 Å². The molecule has 2 rings (SSSR count). The summed E-state index contributed by atoms with van der Waals surface area (Å²) in [5, 5.41) is 2.74. The normalized spacial score (nSPS) is 10.2. The fraction of sp³-hybridized carbons (Fsp3) is 0.231. The van der Waals surface area contributed by atoms with Gasteiger partial charge >= 0.3 is 6.03 Å². The summed E-state index contributed by atoms with van der Waals surface area (Å²) in [4.78, 5) is 15.5. The summed E-state index contributed by atoms with van der Waals surface area (Å²) in [6.45, 7) is 1.04. The predicted molar refractivity (Wildman–Crippen MR) is 70.5 cm³/mol. The molecule has 0 aliphatic carbocycles. The van der Waals surface area contributed by atoms with Crippen LogP contribution in [0.25, 0.3) is 0 Å². The lowest BCUT2D eigenvalue weighted by atomic mass is 10.3. The first-order valence-corrected chi connectivity index (χ1v) is 5.80. The van der Waals surface area contributed by atoms with Crippen LogP contribution in [-0.2, 0) is 4.74 Å². The highest BCUT2D eigenvalue weighted by molar-refractivity contribution is 5.90. The standard InChI is InChI=1S/C13H15N3O3/c1-18-8-9-19-12-4-2-11(3-5-12)15-13(17)16-7-6-14-10-16/h2-7,10H,8-9H2,1H3,(H,15,17). The number of amides is 1. The van der Waals surface area contributed by atoms with E-state index in [1.165, 1.54) is 10.9 Å². The van der Waals surface area contributed by atoms with E-state index >= 15 is 0 Å². The Morgan fingerprint density at radius 3 is 2.74 bits per heavy atom. The average molecular weight is 261 g/mol. The van der Waals surface area contributed by atoms with Crippen LogP contribution in [0.2, 0.25) is 0 Å². The highest BCUT2D eigenvalue weighted by atomic mass is 16.5. The second-order valence-corrected chi connectivity index (χ2v) is 3.77. The topological polar surface area (TPSA) is 65.4 Å². The molecule has 0 atom stereocenters. The molecule has 1 aromatic heterocycles. The number of rotatable bonds is 5. The van der Waals surface area contributed by atoms with E-state index in [0.29, 0.717) is 18.9 Å². The maximum absolute atomic E-state index is 11.7. The Kier molecular flexibility index (Phi) is 4.52. The summed E-state index contributed by atoms with van der Waals surface area (Å²) in [5.41, 5.74) is 0.692. The van der Waals surface area contributed by atoms with Crippen LogP contribution in [0.15, 0.2) is 43.0 Å². The predicted octanol–water partition coefficient (Wildman–Crippen LogP) is 1.99. The maximum atomic E-state index is 11.7. The molecule has 0 radical (unpaired) electrons. The molecule has 6 nitrogen and oxygen atoms in total. The number of nitrogens with zero attached hydrogens (tertiary/aromatic N) is 2. The van der Waals surface area contributed by atoms with Gasteiger partial charge in [0.25, 0.3) is 0 Å². The van der Waals surface area contributed by atoms with Crippen LogP contribution < -0.4 is 10.1 Å². The quantitative estimate of drug-likeness (QED) is 0.836. The molecule has 0 saturated carbocycles. The lowest BCUT2D eigenvalue weighted by Gasteiger charge is -2.08. The monoisotopic (exact) mass is 261 g/mol. The second kappa shape index (κ2) is 6.55. The Labute approximate surface area is 111 Å². The first-order chi connectivity index (χ1) is 9.29. The van der Waals surface area contributed by atoms with Gasteiger partial charge in [0.15, 0.2) is 0 Å². The maximum Gasteiger partial charge on any atom is 0.331 e. The molecule has 1 amide bonds. The third-order valence-corrected chi connectivity index (χ3v) is 2.40. The zero-order valence-electron chi connectivity index (χ0n) is 10.6. The molecular formula is C13H15N3O3. The largest absolute Gasteiger partial charge is 0.491 e. The van der Waals surface area contributed by atoms with Gasteiger partial charge in [0.2, 0.25) is 0 Å². The number of methoxy groups -OCH3 is 1. The van der Waals surface area contributed by atoms with Crippen LogP contribution in [0.1, 0.15) is 0 Å². The minimum absolute atomic E-state index is 0.259. The van der Waals surface area contributed by atoms with Gasteiger partial charge in [-0.05, 0) is 24.3 Å². The van der Waals surface area contributed by atoms with Crippen molar-refractivity contribution in [3.63, 3.8) is 0 Å². The van der Waals surface area contributed by atoms with Crippen LogP contribution in [0.4, 0.5) is 10.5 Å². The Hall–Kier alpha value is -2.34. The smallest absolute Gasteiger partial charge is 0.331 e. The van der Waals surface area contributed by atoms with Crippen LogP contribution in [-0.4, -0.2) is 35.9 Å². The summed E-state index contributed by atoms with van der Waals surface area (Å²) >= 11 is 0. The van der Waals surface area contributed by atoms with Gasteiger partial charge in [0, 0.05) is 25.2 Å². The van der Waals surface area contributed by atoms with E-state index in [4.69, 9.17) is 9.47 Å². The Bertz CT molecular complexity index is 508. The van der Waals surface area contributed by atoms with Crippen LogP contribution in [0.3, 0.4) is 0 Å². The van der Waals surface area contributed by atoms with Crippen molar-refractivity contribution in [2.24, 2.45) is 0 Å². The Morgan fingerprint density at radius 2 is 2.11 bits per heavy atom. The zero-order chi connectivity index (χ0) is 13.5. The summed E-state index contributed by atoms with van der Waals surface area (Å²) < 4.78 is 11.7. The fourth-order valence-corrected chi connectivity index (χ4v) is 1.44. The van der Waals surface area contributed by atoms with Crippen molar-refractivity contribution in [1.82, 2.24) is 9.55 Å². The lowest BCUT2D eigenvalue weighted by molar-refractivity contribution is 0.146. The van der Waals surface area contributed by atoms with Gasteiger partial charge in [-0.1, -0.05) is 0 Å². The van der Waals surface area contributed by atoms with E-state index < -0.39 is 0 Å². The van der Waals surface area contributed by atoms with E-state index in [2.05, 4.69) is 10.3 Å². The number of carbonyl (C=O) groups is 1. The van der Waals surface area contributed by atoms with Crippen molar-refractivity contribution in [3.05, 3.63) is 43.0 Å². The molecule has 0 aliphatic rings. The summed E-state index contributed by atoms with van der Waals surface area (Å²) in [6.07, 6.45) is 4.57. The number of hydrogen-bond acceptors (Lipinski definition) is 4. The highest BCUT2D eigenvalue weighted by Gasteiger charge is 2.03. The Balaban J connectivity index is 1.90. The van der Waals surface area contributed by atoms with Crippen molar-refractivity contribution >= 4 is 11.7 Å². The van der Waals surface area contributed by atoms with Crippen LogP contribution in [0.5, 0.6) is 5.75 Å². The average Bonchev–Trinajstić information content (AvgIpc) is 2.95. The van der Waals surface area contributed by atoms with E-state index in [1.54, 1.807) is 43.8 Å². The van der Waals surface area contributed by atoms with Gasteiger partial charge < -0.3 is 14.8 Å². The van der Waals surface area contributed by atoms with Crippen molar-refractivity contribution in [1.29, 1.82) is 0 Å². The molecule has 2 aromatic rings. The third kappa shape index (κ3) is 3.82. The Morgan fingerprint density at radius 1 is 1.32 bits per heavy atom. The molecule has 0 fully saturated rings. The van der Waals surface area contributed by atoms with Crippen molar-refractivity contribution < 1.29 is 14.3 Å². The second-order valence-electron chi connectivity index (χ2n) is 3.77. The van der Waals surface area contributed by atoms with Gasteiger partial charge in [-0.2, -0.15) is 0 Å². The van der Waals surface area contributed by atoms with Crippen LogP contribution in [0, 0.1) is 0 Å². The molecule has 19 heavy (non-hydrogen) atoms. The molecule has 100 valence electrons. The first-order valence-electron chi connectivity index (χ1n) is 5.80. The van der Waals surface area contributed by atoms with Crippen molar-refractivity contribution in [3.8, 4) is 5.75 Å². The number of anilines is 1. The molecule has 0 spiro atoms. The minimum atomic E-state index is -0.259. The number of imidazole rings is 1. The van der Waals surface area contributed by atoms with E-state index in [9.17, 15) is 4.79 Å². The summed E-state index contributed by atoms with van der Waals surface area (Å²) in [6, 6.07) is 6.87. The number of benzene rings is 1. The van der Waals surface area contributed by atoms with Gasteiger partial charge in [-0.25, -0.2) is 9.78 Å². The molecule has 1 aromatic carbocycles. The molecule has 1 heterocycles. The SMILES string of the molecule is COCCOc1ccc(NC(=O)n2ccnc2)cc1. The first kappa shape index (κ1) is 13.1. The van der Waals surface area contributed by atoms with E-state index in [-0.39, 0.29) is 6.03 Å². The van der Waals surface area contributed by atoms with Crippen molar-refractivity contribution in [2.75, 3.05) is 25.6 Å². The number of hydrogen-bond donors (Lipinski definition) is 1.